The first-order valence-corrected chi connectivity index (χ1v) is 14.4. The quantitative estimate of drug-likeness (QED) is 0.331. The van der Waals surface area contributed by atoms with Gasteiger partial charge in [-0.1, -0.05) is 0 Å². The summed E-state index contributed by atoms with van der Waals surface area (Å²) in [4.78, 5) is 34.6. The fourth-order valence-corrected chi connectivity index (χ4v) is 6.09. The normalized spacial score (nSPS) is 19.5. The Balaban J connectivity index is 1.31. The molecule has 0 spiro atoms. The van der Waals surface area contributed by atoms with Gasteiger partial charge in [0.05, 0.1) is 6.54 Å². The zero-order chi connectivity index (χ0) is 26.6. The summed E-state index contributed by atoms with van der Waals surface area (Å²) in [6, 6.07) is 10.4. The van der Waals surface area contributed by atoms with E-state index in [1.165, 1.54) is 6.42 Å². The zero-order valence-corrected chi connectivity index (χ0v) is 23.5. The van der Waals surface area contributed by atoms with E-state index in [0.29, 0.717) is 35.8 Å². The van der Waals surface area contributed by atoms with Crippen LogP contribution < -0.4 is 21.1 Å². The Bertz CT molecular complexity index is 1360. The topological polar surface area (TPSA) is 122 Å². The first kappa shape index (κ1) is 26.2. The van der Waals surface area contributed by atoms with Gasteiger partial charge in [-0.15, -0.1) is 0 Å². The second-order valence-electron chi connectivity index (χ2n) is 9.79. The van der Waals surface area contributed by atoms with Gasteiger partial charge >= 0.3 is 171 Å². The van der Waals surface area contributed by atoms with E-state index in [1.807, 2.05) is 18.2 Å². The van der Waals surface area contributed by atoms with Crippen LogP contribution in [0.2, 0.25) is 4.71 Å². The van der Waals surface area contributed by atoms with Crippen LogP contribution in [0.4, 0.5) is 21.7 Å². The van der Waals surface area contributed by atoms with E-state index in [2.05, 4.69) is 20.6 Å². The monoisotopic (exact) mass is 582 g/mol. The van der Waals surface area contributed by atoms with E-state index in [0.717, 1.165) is 49.2 Å². The van der Waals surface area contributed by atoms with Crippen molar-refractivity contribution in [2.75, 3.05) is 30.3 Å². The number of likely N-dealkylation sites (tertiary alicyclic amines) is 1. The maximum absolute atomic E-state index is 14.9. The number of fused-ring (bicyclic) bond motifs is 1. The summed E-state index contributed by atoms with van der Waals surface area (Å²) in [6.07, 6.45) is 5.87. The van der Waals surface area contributed by atoms with Crippen molar-refractivity contribution in [2.45, 2.75) is 49.3 Å². The third-order valence-corrected chi connectivity index (χ3v) is 8.77. The van der Waals surface area contributed by atoms with Crippen LogP contribution >= 0.6 is 0 Å². The van der Waals surface area contributed by atoms with E-state index in [1.54, 1.807) is 33.9 Å². The van der Waals surface area contributed by atoms with Gasteiger partial charge in [0.1, 0.15) is 6.61 Å². The van der Waals surface area contributed by atoms with Crippen LogP contribution in [0.15, 0.2) is 36.4 Å². The van der Waals surface area contributed by atoms with Crippen LogP contribution in [0, 0.1) is 5.82 Å². The fourth-order valence-electron chi connectivity index (χ4n) is 4.99. The number of carbonyl (C=O) groups excluding carboxylic acids is 2. The second-order valence-corrected chi connectivity index (χ2v) is 11.6. The standard InChI is InChI=1S/C27H32AsFN6O3/c28-19-4-1-2-5-22(19)33-27-20(29)15-18(25(30)37)26(34-27)31-17-8-9-21-16(14-17)7-10-23(32-21)38-13-12-35-11-3-6-24(35)36/h7-10,14-15,19,22H,1-6,11-13,28H2,(H2,30,37)(H2,31,33,34)/t19-,22+/m0/s1. The van der Waals surface area contributed by atoms with Gasteiger partial charge in [0.2, 0.25) is 11.8 Å². The molecule has 3 heterocycles. The molecule has 9 nitrogen and oxygen atoms in total. The van der Waals surface area contributed by atoms with E-state index in [4.69, 9.17) is 10.5 Å². The summed E-state index contributed by atoms with van der Waals surface area (Å²) in [5.74, 6) is -0.401. The third-order valence-electron chi connectivity index (χ3n) is 7.09. The predicted octanol–water partition coefficient (Wildman–Crippen LogP) is 3.39. The van der Waals surface area contributed by atoms with Crippen molar-refractivity contribution in [1.29, 1.82) is 0 Å². The number of nitrogens with two attached hydrogens (primary N) is 1. The summed E-state index contributed by atoms with van der Waals surface area (Å²) < 4.78 is 21.1. The molecule has 1 aliphatic carbocycles. The molecule has 2 fully saturated rings. The van der Waals surface area contributed by atoms with E-state index in [9.17, 15) is 14.0 Å². The number of aromatic nitrogens is 2. The van der Waals surface area contributed by atoms with Gasteiger partial charge in [-0.25, -0.2) is 0 Å². The van der Waals surface area contributed by atoms with Gasteiger partial charge in [0.25, 0.3) is 0 Å². The van der Waals surface area contributed by atoms with Crippen molar-refractivity contribution in [3.8, 4) is 5.88 Å². The summed E-state index contributed by atoms with van der Waals surface area (Å²) in [7, 11) is 0. The number of benzene rings is 1. The molecule has 2 aromatic heterocycles. The molecule has 1 saturated heterocycles. The van der Waals surface area contributed by atoms with Crippen molar-refractivity contribution in [1.82, 2.24) is 14.9 Å². The summed E-state index contributed by atoms with van der Waals surface area (Å²) >= 11 is 1.65. The van der Waals surface area contributed by atoms with Crippen molar-refractivity contribution < 1.29 is 18.7 Å². The average Bonchev–Trinajstić information content (AvgIpc) is 3.31. The number of anilines is 3. The van der Waals surface area contributed by atoms with Crippen LogP contribution in [-0.2, 0) is 4.79 Å². The number of carbonyl (C=O) groups is 2. The molecule has 38 heavy (non-hydrogen) atoms. The van der Waals surface area contributed by atoms with Crippen molar-refractivity contribution in [2.24, 2.45) is 5.73 Å². The molecule has 5 rings (SSSR count). The summed E-state index contributed by atoms with van der Waals surface area (Å²) in [5, 5.41) is 7.23. The van der Waals surface area contributed by atoms with Gasteiger partial charge in [0, 0.05) is 13.0 Å². The Labute approximate surface area is 229 Å². The van der Waals surface area contributed by atoms with Gasteiger partial charge < -0.3 is 9.64 Å². The number of amides is 2. The molecule has 1 saturated carbocycles. The summed E-state index contributed by atoms with van der Waals surface area (Å²) in [5.41, 5.74) is 6.90. The molecular weight excluding hydrogens is 550 g/mol. The number of hydrogen-bond acceptors (Lipinski definition) is 7. The van der Waals surface area contributed by atoms with Gasteiger partial charge in [0.15, 0.2) is 0 Å². The molecule has 2 amide bonds. The van der Waals surface area contributed by atoms with Crippen molar-refractivity contribution >= 4 is 56.9 Å². The molecular formula is C27H32AsFN6O3. The van der Waals surface area contributed by atoms with E-state index in [-0.39, 0.29) is 29.1 Å². The number of ether oxygens (including phenoxy) is 1. The number of pyridine rings is 2. The van der Waals surface area contributed by atoms with E-state index < -0.39 is 11.7 Å². The number of rotatable bonds is 9. The summed E-state index contributed by atoms with van der Waals surface area (Å²) in [6.45, 7) is 1.71. The molecule has 200 valence electrons. The van der Waals surface area contributed by atoms with Gasteiger partial charge in [-0.05, 0) is 6.42 Å². The SMILES string of the molecule is NC(=O)c1cc(F)c(N[C@@H]2CCCC[C@@H]2[AsH2])nc1Nc1ccc2nc(OCCN3CCCC3=O)ccc2c1. The minimum absolute atomic E-state index is 0.0209. The molecule has 3 aromatic rings. The van der Waals surface area contributed by atoms with Gasteiger partial charge in [-0.3, -0.25) is 4.79 Å². The predicted molar refractivity (Wildman–Crippen MR) is 147 cm³/mol. The molecule has 1 unspecified atom stereocenters. The minimum atomic E-state index is -0.764. The maximum atomic E-state index is 14.9. The Morgan fingerprint density at radius 3 is 2.74 bits per heavy atom. The number of halogens is 1. The van der Waals surface area contributed by atoms with Crippen molar-refractivity contribution in [3.63, 3.8) is 0 Å². The second kappa shape index (κ2) is 11.6. The number of primary amides is 1. The van der Waals surface area contributed by atoms with Crippen LogP contribution in [0.5, 0.6) is 5.88 Å². The number of nitrogens with zero attached hydrogens (tertiary/aromatic N) is 3. The Morgan fingerprint density at radius 2 is 1.97 bits per heavy atom. The molecule has 0 bridgehead atoms. The van der Waals surface area contributed by atoms with Gasteiger partial charge in [-0.2, -0.15) is 0 Å². The molecule has 1 aromatic carbocycles. The van der Waals surface area contributed by atoms with E-state index >= 15 is 0 Å². The molecule has 4 N–H and O–H groups in total. The zero-order valence-electron chi connectivity index (χ0n) is 21.1. The average molecular weight is 583 g/mol. The molecule has 0 radical (unpaired) electrons. The van der Waals surface area contributed by atoms with Crippen LogP contribution in [0.25, 0.3) is 10.9 Å². The number of nitrogens with one attached hydrogen (secondary N) is 2. The number of hydrogen-bond donors (Lipinski definition) is 3. The fraction of sp³-hybridized carbons (Fsp3) is 0.407. The van der Waals surface area contributed by atoms with Crippen molar-refractivity contribution in [3.05, 3.63) is 47.8 Å². The third kappa shape index (κ3) is 6.01. The molecule has 3 atom stereocenters. The Morgan fingerprint density at radius 1 is 1.13 bits per heavy atom. The van der Waals surface area contributed by atoms with Crippen LogP contribution in [0.3, 0.4) is 0 Å². The van der Waals surface area contributed by atoms with Crippen LogP contribution in [0.1, 0.15) is 48.9 Å². The molecule has 2 aliphatic rings. The van der Waals surface area contributed by atoms with Crippen LogP contribution in [-0.4, -0.2) is 69.3 Å². The Kier molecular flexibility index (Phi) is 7.98. The Hall–Kier alpha value is -3.39. The molecule has 1 aliphatic heterocycles. The first-order valence-electron chi connectivity index (χ1n) is 13.0. The first-order chi connectivity index (χ1) is 18.4. The molecule has 11 heteroatoms.